The number of benzene rings is 1. The molecule has 2 heterocycles. The molecule has 1 aromatic rings. The van der Waals surface area contributed by atoms with Gasteiger partial charge in [-0.05, 0) is 51.2 Å². The summed E-state index contributed by atoms with van der Waals surface area (Å²) in [5.74, 6) is -0.143. The molecule has 0 amide bonds. The molecule has 0 radical (unpaired) electrons. The van der Waals surface area contributed by atoms with Crippen LogP contribution in [0.1, 0.15) is 32.4 Å². The highest BCUT2D eigenvalue weighted by Crippen LogP contribution is 2.49. The van der Waals surface area contributed by atoms with Crippen LogP contribution in [-0.4, -0.2) is 34.9 Å². The van der Waals surface area contributed by atoms with E-state index in [9.17, 15) is 4.79 Å². The quantitative estimate of drug-likeness (QED) is 0.665. The Labute approximate surface area is 145 Å². The minimum Gasteiger partial charge on any atom is -0.467 e. The summed E-state index contributed by atoms with van der Waals surface area (Å²) >= 11 is 11.6. The van der Waals surface area contributed by atoms with Crippen LogP contribution in [0.5, 0.6) is 5.75 Å². The van der Waals surface area contributed by atoms with E-state index in [1.54, 1.807) is 13.0 Å². The van der Waals surface area contributed by atoms with Gasteiger partial charge in [0.15, 0.2) is 10.8 Å². The van der Waals surface area contributed by atoms with Crippen molar-refractivity contribution in [3.63, 3.8) is 0 Å². The monoisotopic (exact) mass is 354 g/mol. The molecule has 2 aliphatic heterocycles. The van der Waals surface area contributed by atoms with E-state index in [4.69, 9.17) is 33.3 Å². The summed E-state index contributed by atoms with van der Waals surface area (Å²) in [6.07, 6.45) is 0. The van der Waals surface area contributed by atoms with Crippen LogP contribution in [-0.2, 0) is 9.53 Å². The van der Waals surface area contributed by atoms with Crippen molar-refractivity contribution in [2.45, 2.75) is 32.5 Å². The first-order valence-corrected chi connectivity index (χ1v) is 8.44. The highest BCUT2D eigenvalue weighted by Gasteiger charge is 2.58. The predicted octanol–water partition coefficient (Wildman–Crippen LogP) is 2.88. The van der Waals surface area contributed by atoms with E-state index < -0.39 is 11.6 Å². The van der Waals surface area contributed by atoms with Crippen LogP contribution in [0.3, 0.4) is 0 Å². The normalized spacial score (nSPS) is 28.5. The Morgan fingerprint density at radius 2 is 2.26 bits per heavy atom. The van der Waals surface area contributed by atoms with Crippen LogP contribution in [0.15, 0.2) is 18.2 Å². The molecule has 1 fully saturated rings. The lowest BCUT2D eigenvalue weighted by Gasteiger charge is -2.55. The maximum atomic E-state index is 12.6. The number of nitrogens with one attached hydrogen (secondary N) is 1. The molecular weight excluding hydrogens is 336 g/mol. The Balaban J connectivity index is 2.15. The molecule has 2 bridgehead atoms. The number of nitrogens with zero attached hydrogens (tertiary/aromatic N) is 1. The first kappa shape index (κ1) is 16.3. The highest BCUT2D eigenvalue weighted by atomic mass is 35.5. The van der Waals surface area contributed by atoms with Gasteiger partial charge in [0.05, 0.1) is 12.6 Å². The first-order valence-electron chi connectivity index (χ1n) is 7.65. The third-order valence-electron chi connectivity index (χ3n) is 4.45. The second kappa shape index (κ2) is 5.83. The van der Waals surface area contributed by atoms with Crippen LogP contribution in [0, 0.1) is 5.92 Å². The lowest BCUT2D eigenvalue weighted by atomic mass is 9.79. The molecule has 1 N–H and O–H groups in total. The van der Waals surface area contributed by atoms with Gasteiger partial charge in [0, 0.05) is 17.1 Å². The van der Waals surface area contributed by atoms with Crippen LogP contribution in [0.4, 0.5) is 0 Å². The summed E-state index contributed by atoms with van der Waals surface area (Å²) in [5.41, 5.74) is -0.0689. The number of rotatable bonds is 3. The number of halogens is 1. The van der Waals surface area contributed by atoms with E-state index in [1.165, 1.54) is 0 Å². The van der Waals surface area contributed by atoms with E-state index in [1.807, 2.05) is 30.9 Å². The average Bonchev–Trinajstić information content (AvgIpc) is 2.48. The lowest BCUT2D eigenvalue weighted by molar-refractivity contribution is -0.174. The molecule has 7 heteroatoms. The van der Waals surface area contributed by atoms with Crippen molar-refractivity contribution < 1.29 is 14.3 Å². The molecular formula is C16H19ClN2O3S. The van der Waals surface area contributed by atoms with Gasteiger partial charge in [-0.2, -0.15) is 0 Å². The fourth-order valence-electron chi connectivity index (χ4n) is 3.47. The fourth-order valence-corrected chi connectivity index (χ4v) is 4.09. The van der Waals surface area contributed by atoms with E-state index in [2.05, 4.69) is 5.32 Å². The third-order valence-corrected chi connectivity index (χ3v) is 5.02. The van der Waals surface area contributed by atoms with Crippen molar-refractivity contribution in [3.05, 3.63) is 28.8 Å². The minimum absolute atomic E-state index is 0.306. The van der Waals surface area contributed by atoms with Crippen LogP contribution < -0.4 is 10.1 Å². The van der Waals surface area contributed by atoms with Crippen LogP contribution in [0.25, 0.3) is 0 Å². The standard InChI is InChI=1S/C16H19ClN2O3S/c1-4-19-15(23)18-13-10-8-9(17)6-7-11(10)22-16(19,3)12(13)14(20)21-5-2/h6-8,12-13H,4-5H2,1-3H3,(H,18,23)/t12-,13+,16+/m1/s1. The summed E-state index contributed by atoms with van der Waals surface area (Å²) < 4.78 is 11.5. The highest BCUT2D eigenvalue weighted by molar-refractivity contribution is 7.80. The Hall–Kier alpha value is -1.53. The SMILES string of the molecule is CCOC(=O)[C@H]1[C@H]2NC(=S)N(CC)[C@@]1(C)Oc1ccc(Cl)cc12. The number of thiocarbonyl (C=S) groups is 1. The second-order valence-corrected chi connectivity index (χ2v) is 6.56. The van der Waals surface area contributed by atoms with Crippen molar-refractivity contribution in [1.29, 1.82) is 0 Å². The molecule has 2 aliphatic rings. The zero-order chi connectivity index (χ0) is 16.8. The first-order chi connectivity index (χ1) is 10.9. The van der Waals surface area contributed by atoms with E-state index in [0.717, 1.165) is 5.56 Å². The van der Waals surface area contributed by atoms with Gasteiger partial charge in [-0.25, -0.2) is 0 Å². The molecule has 0 aromatic heterocycles. The van der Waals surface area contributed by atoms with Gasteiger partial charge in [-0.3, -0.25) is 4.79 Å². The summed E-state index contributed by atoms with van der Waals surface area (Å²) in [7, 11) is 0. The van der Waals surface area contributed by atoms with Gasteiger partial charge in [-0.15, -0.1) is 0 Å². The molecule has 1 saturated heterocycles. The van der Waals surface area contributed by atoms with E-state index in [-0.39, 0.29) is 12.0 Å². The topological polar surface area (TPSA) is 50.8 Å². The Bertz CT molecular complexity index is 669. The second-order valence-electron chi connectivity index (χ2n) is 5.74. The van der Waals surface area contributed by atoms with Gasteiger partial charge >= 0.3 is 5.97 Å². The van der Waals surface area contributed by atoms with Gasteiger partial charge in [0.25, 0.3) is 0 Å². The number of carbonyl (C=O) groups is 1. The molecule has 0 saturated carbocycles. The maximum Gasteiger partial charge on any atom is 0.317 e. The van der Waals surface area contributed by atoms with Crippen LogP contribution >= 0.6 is 23.8 Å². The zero-order valence-corrected chi connectivity index (χ0v) is 14.8. The molecule has 3 rings (SSSR count). The fraction of sp³-hybridized carbons (Fsp3) is 0.500. The largest absolute Gasteiger partial charge is 0.467 e. The average molecular weight is 355 g/mol. The number of hydrogen-bond acceptors (Lipinski definition) is 4. The Morgan fingerprint density at radius 3 is 2.91 bits per heavy atom. The number of ether oxygens (including phenoxy) is 2. The number of hydrogen-bond donors (Lipinski definition) is 1. The van der Waals surface area contributed by atoms with Crippen molar-refractivity contribution in [2.75, 3.05) is 13.2 Å². The van der Waals surface area contributed by atoms with Crippen molar-refractivity contribution in [1.82, 2.24) is 10.2 Å². The molecule has 0 aliphatic carbocycles. The molecule has 124 valence electrons. The molecule has 3 atom stereocenters. The van der Waals surface area contributed by atoms with Gasteiger partial charge in [-0.1, -0.05) is 11.6 Å². The molecule has 0 spiro atoms. The number of esters is 1. The zero-order valence-electron chi connectivity index (χ0n) is 13.3. The third kappa shape index (κ3) is 2.44. The summed E-state index contributed by atoms with van der Waals surface area (Å²) in [5, 5.41) is 4.41. The van der Waals surface area contributed by atoms with Crippen LogP contribution in [0.2, 0.25) is 5.02 Å². The van der Waals surface area contributed by atoms with Gasteiger partial charge in [0.1, 0.15) is 11.7 Å². The Kier molecular flexibility index (Phi) is 4.14. The molecule has 5 nitrogen and oxygen atoms in total. The predicted molar refractivity (Wildman–Crippen MR) is 91.5 cm³/mol. The van der Waals surface area contributed by atoms with Gasteiger partial charge < -0.3 is 19.7 Å². The molecule has 0 unspecified atom stereocenters. The summed E-state index contributed by atoms with van der Waals surface area (Å²) in [6.45, 7) is 6.59. The number of carbonyl (C=O) groups excluding carboxylic acids is 1. The Morgan fingerprint density at radius 1 is 1.52 bits per heavy atom. The van der Waals surface area contributed by atoms with Crippen molar-refractivity contribution in [2.24, 2.45) is 5.92 Å². The smallest absolute Gasteiger partial charge is 0.317 e. The lowest BCUT2D eigenvalue weighted by Crippen LogP contribution is -2.71. The van der Waals surface area contributed by atoms with Crippen molar-refractivity contribution >= 4 is 34.9 Å². The van der Waals surface area contributed by atoms with Crippen molar-refractivity contribution in [3.8, 4) is 5.75 Å². The van der Waals surface area contributed by atoms with Gasteiger partial charge in [0.2, 0.25) is 0 Å². The summed E-state index contributed by atoms with van der Waals surface area (Å²) in [4.78, 5) is 14.5. The van der Waals surface area contributed by atoms with E-state index in [0.29, 0.717) is 29.0 Å². The summed E-state index contributed by atoms with van der Waals surface area (Å²) in [6, 6.07) is 5.09. The minimum atomic E-state index is -0.894. The van der Waals surface area contributed by atoms with E-state index >= 15 is 0 Å². The molecule has 1 aromatic carbocycles. The number of fused-ring (bicyclic) bond motifs is 4. The molecule has 23 heavy (non-hydrogen) atoms. The maximum absolute atomic E-state index is 12.6.